The van der Waals surface area contributed by atoms with Gasteiger partial charge in [-0.15, -0.1) is 0 Å². The number of carbonyl (C=O) groups excluding carboxylic acids is 1. The Bertz CT molecular complexity index is 188. The maximum atomic E-state index is 10.8. The molecule has 0 saturated heterocycles. The van der Waals surface area contributed by atoms with Crippen molar-refractivity contribution in [1.29, 1.82) is 0 Å². The number of carboxylic acids is 1. The summed E-state index contributed by atoms with van der Waals surface area (Å²) in [5, 5.41) is 8.61. The molecule has 0 aromatic rings. The number of aliphatic carboxylic acids is 1. The standard InChI is InChI=1S/C9H16O4/c1-6(5-8(10)13-3)4-7(2)9(11)12/h6-7H,4-5H2,1-3H3,(H,11,12). The van der Waals surface area contributed by atoms with Crippen molar-refractivity contribution in [3.63, 3.8) is 0 Å². The highest BCUT2D eigenvalue weighted by Crippen LogP contribution is 2.15. The molecule has 0 saturated carbocycles. The van der Waals surface area contributed by atoms with Crippen LogP contribution in [-0.4, -0.2) is 24.2 Å². The van der Waals surface area contributed by atoms with Gasteiger partial charge in [-0.2, -0.15) is 0 Å². The van der Waals surface area contributed by atoms with Gasteiger partial charge < -0.3 is 9.84 Å². The lowest BCUT2D eigenvalue weighted by molar-refractivity contribution is -0.144. The minimum Gasteiger partial charge on any atom is -0.481 e. The van der Waals surface area contributed by atoms with Crippen molar-refractivity contribution in [2.75, 3.05) is 7.11 Å². The lowest BCUT2D eigenvalue weighted by Gasteiger charge is -2.12. The molecule has 0 fully saturated rings. The van der Waals surface area contributed by atoms with Crippen LogP contribution in [0.4, 0.5) is 0 Å². The third-order valence-corrected chi connectivity index (χ3v) is 1.92. The van der Waals surface area contributed by atoms with E-state index in [0.717, 1.165) is 0 Å². The molecule has 0 amide bonds. The first-order valence-electron chi connectivity index (χ1n) is 4.27. The fourth-order valence-electron chi connectivity index (χ4n) is 1.16. The van der Waals surface area contributed by atoms with E-state index >= 15 is 0 Å². The maximum Gasteiger partial charge on any atom is 0.306 e. The molecule has 13 heavy (non-hydrogen) atoms. The van der Waals surface area contributed by atoms with Crippen molar-refractivity contribution in [3.8, 4) is 0 Å². The molecule has 0 aliphatic heterocycles. The highest BCUT2D eigenvalue weighted by molar-refractivity contribution is 5.70. The molecular formula is C9H16O4. The Morgan fingerprint density at radius 1 is 1.38 bits per heavy atom. The summed E-state index contributed by atoms with van der Waals surface area (Å²) in [5.41, 5.74) is 0. The molecule has 0 aliphatic rings. The van der Waals surface area contributed by atoms with Gasteiger partial charge in [0.25, 0.3) is 0 Å². The zero-order valence-corrected chi connectivity index (χ0v) is 8.24. The number of hydrogen-bond donors (Lipinski definition) is 1. The van der Waals surface area contributed by atoms with Crippen LogP contribution in [-0.2, 0) is 14.3 Å². The summed E-state index contributed by atoms with van der Waals surface area (Å²) >= 11 is 0. The third kappa shape index (κ3) is 5.22. The van der Waals surface area contributed by atoms with E-state index in [0.29, 0.717) is 6.42 Å². The smallest absolute Gasteiger partial charge is 0.306 e. The maximum absolute atomic E-state index is 10.8. The average Bonchev–Trinajstić information content (AvgIpc) is 2.03. The second kappa shape index (κ2) is 5.56. The van der Waals surface area contributed by atoms with Gasteiger partial charge in [0.15, 0.2) is 0 Å². The summed E-state index contributed by atoms with van der Waals surface area (Å²) in [4.78, 5) is 21.3. The van der Waals surface area contributed by atoms with E-state index in [1.165, 1.54) is 7.11 Å². The quantitative estimate of drug-likeness (QED) is 0.660. The Balaban J connectivity index is 3.80. The third-order valence-electron chi connectivity index (χ3n) is 1.92. The largest absolute Gasteiger partial charge is 0.481 e. The van der Waals surface area contributed by atoms with Gasteiger partial charge in [-0.05, 0) is 12.3 Å². The van der Waals surface area contributed by atoms with Crippen LogP contribution in [0.3, 0.4) is 0 Å². The van der Waals surface area contributed by atoms with Gasteiger partial charge in [0.1, 0.15) is 0 Å². The summed E-state index contributed by atoms with van der Waals surface area (Å²) in [6, 6.07) is 0. The van der Waals surface area contributed by atoms with Gasteiger partial charge in [-0.25, -0.2) is 0 Å². The molecule has 4 nitrogen and oxygen atoms in total. The van der Waals surface area contributed by atoms with Crippen molar-refractivity contribution in [1.82, 2.24) is 0 Å². The van der Waals surface area contributed by atoms with Crippen LogP contribution < -0.4 is 0 Å². The molecule has 1 N–H and O–H groups in total. The fraction of sp³-hybridized carbons (Fsp3) is 0.778. The summed E-state index contributed by atoms with van der Waals surface area (Å²) in [5.74, 6) is -1.46. The molecular weight excluding hydrogens is 172 g/mol. The van der Waals surface area contributed by atoms with Gasteiger partial charge >= 0.3 is 11.9 Å². The van der Waals surface area contributed by atoms with Crippen molar-refractivity contribution in [2.45, 2.75) is 26.7 Å². The van der Waals surface area contributed by atoms with Crippen LogP contribution in [0, 0.1) is 11.8 Å². The molecule has 0 bridgehead atoms. The van der Waals surface area contributed by atoms with Gasteiger partial charge in [0.2, 0.25) is 0 Å². The number of carboxylic acid groups (broad SMARTS) is 1. The molecule has 0 aromatic carbocycles. The van der Waals surface area contributed by atoms with E-state index in [4.69, 9.17) is 5.11 Å². The van der Waals surface area contributed by atoms with Crippen molar-refractivity contribution < 1.29 is 19.4 Å². The van der Waals surface area contributed by atoms with E-state index in [9.17, 15) is 9.59 Å². The number of rotatable bonds is 5. The Hall–Kier alpha value is -1.06. The lowest BCUT2D eigenvalue weighted by Crippen LogP contribution is -2.15. The normalized spacial score (nSPS) is 14.7. The molecule has 0 aromatic heterocycles. The van der Waals surface area contributed by atoms with Crippen molar-refractivity contribution in [3.05, 3.63) is 0 Å². The second-order valence-corrected chi connectivity index (χ2v) is 3.36. The van der Waals surface area contributed by atoms with Crippen molar-refractivity contribution >= 4 is 11.9 Å². The minimum absolute atomic E-state index is 0.0542. The Labute approximate surface area is 77.9 Å². The summed E-state index contributed by atoms with van der Waals surface area (Å²) in [6.45, 7) is 3.48. The molecule has 2 unspecified atom stereocenters. The summed E-state index contributed by atoms with van der Waals surface area (Å²) in [7, 11) is 1.33. The zero-order valence-electron chi connectivity index (χ0n) is 8.24. The van der Waals surface area contributed by atoms with Gasteiger partial charge in [0, 0.05) is 6.42 Å². The first-order valence-corrected chi connectivity index (χ1v) is 4.27. The summed E-state index contributed by atoms with van der Waals surface area (Å²) in [6.07, 6.45) is 0.790. The molecule has 4 heteroatoms. The SMILES string of the molecule is COC(=O)CC(C)CC(C)C(=O)O. The fourth-order valence-corrected chi connectivity index (χ4v) is 1.16. The van der Waals surface area contributed by atoms with E-state index in [1.807, 2.05) is 6.92 Å². The first kappa shape index (κ1) is 11.9. The van der Waals surface area contributed by atoms with Gasteiger partial charge in [-0.1, -0.05) is 13.8 Å². The Morgan fingerprint density at radius 3 is 2.31 bits per heavy atom. The topological polar surface area (TPSA) is 63.6 Å². The average molecular weight is 188 g/mol. The van der Waals surface area contributed by atoms with Crippen LogP contribution in [0.2, 0.25) is 0 Å². The van der Waals surface area contributed by atoms with Crippen LogP contribution in [0.5, 0.6) is 0 Å². The van der Waals surface area contributed by atoms with Crippen molar-refractivity contribution in [2.24, 2.45) is 11.8 Å². The Kier molecular flexibility index (Phi) is 5.11. The van der Waals surface area contributed by atoms with E-state index in [-0.39, 0.29) is 18.3 Å². The minimum atomic E-state index is -0.822. The molecule has 0 rings (SSSR count). The second-order valence-electron chi connectivity index (χ2n) is 3.36. The molecule has 2 atom stereocenters. The lowest BCUT2D eigenvalue weighted by atomic mass is 9.95. The zero-order chi connectivity index (χ0) is 10.4. The van der Waals surface area contributed by atoms with E-state index in [1.54, 1.807) is 6.92 Å². The number of ether oxygens (including phenoxy) is 1. The molecule has 0 spiro atoms. The van der Waals surface area contributed by atoms with Crippen LogP contribution in [0.25, 0.3) is 0 Å². The monoisotopic (exact) mass is 188 g/mol. The van der Waals surface area contributed by atoms with Gasteiger partial charge in [0.05, 0.1) is 13.0 Å². The number of carbonyl (C=O) groups is 2. The van der Waals surface area contributed by atoms with E-state index < -0.39 is 11.9 Å². The van der Waals surface area contributed by atoms with Crippen LogP contribution in [0.1, 0.15) is 26.7 Å². The van der Waals surface area contributed by atoms with Crippen LogP contribution in [0.15, 0.2) is 0 Å². The number of methoxy groups -OCH3 is 1. The van der Waals surface area contributed by atoms with E-state index in [2.05, 4.69) is 4.74 Å². The number of esters is 1. The predicted octanol–water partition coefficient (Wildman–Crippen LogP) is 1.30. The number of hydrogen-bond acceptors (Lipinski definition) is 3. The molecule has 0 aliphatic carbocycles. The highest BCUT2D eigenvalue weighted by Gasteiger charge is 2.17. The summed E-state index contributed by atoms with van der Waals surface area (Å²) < 4.78 is 4.48. The molecule has 0 heterocycles. The Morgan fingerprint density at radius 2 is 1.92 bits per heavy atom. The molecule has 76 valence electrons. The van der Waals surface area contributed by atoms with Crippen LogP contribution >= 0.6 is 0 Å². The molecule has 0 radical (unpaired) electrons. The highest BCUT2D eigenvalue weighted by atomic mass is 16.5. The predicted molar refractivity (Wildman–Crippen MR) is 47.2 cm³/mol. The first-order chi connectivity index (χ1) is 5.97. The van der Waals surface area contributed by atoms with Gasteiger partial charge in [-0.3, -0.25) is 9.59 Å².